The molecule has 4 heterocycles. The van der Waals surface area contributed by atoms with Crippen LogP contribution in [0.2, 0.25) is 0 Å². The summed E-state index contributed by atoms with van der Waals surface area (Å²) in [6, 6.07) is 5.95. The van der Waals surface area contributed by atoms with Crippen LogP contribution < -0.4 is 10.6 Å². The molecule has 4 rings (SSSR count). The number of thiophene rings is 1. The van der Waals surface area contributed by atoms with Crippen molar-refractivity contribution in [1.82, 2.24) is 9.88 Å². The number of rotatable bonds is 2. The minimum atomic E-state index is -0.395. The molecule has 27 heavy (non-hydrogen) atoms. The Bertz CT molecular complexity index is 871. The van der Waals surface area contributed by atoms with Crippen molar-refractivity contribution in [2.24, 2.45) is 4.99 Å². The number of aromatic nitrogens is 1. The molecule has 0 saturated carbocycles. The van der Waals surface area contributed by atoms with Crippen molar-refractivity contribution in [1.29, 1.82) is 0 Å². The zero-order valence-electron chi connectivity index (χ0n) is 16.0. The molecule has 2 aliphatic heterocycles. The number of likely N-dealkylation sites (tertiary alicyclic amines) is 1. The number of pyridine rings is 1. The third-order valence-electron chi connectivity index (χ3n) is 4.88. The van der Waals surface area contributed by atoms with Crippen LogP contribution in [0, 0.1) is 0 Å². The lowest BCUT2D eigenvalue weighted by molar-refractivity contribution is -0.129. The van der Waals surface area contributed by atoms with Crippen LogP contribution in [0.3, 0.4) is 0 Å². The average Bonchev–Trinajstić information content (AvgIpc) is 3.25. The molecule has 2 aromatic rings. The summed E-state index contributed by atoms with van der Waals surface area (Å²) >= 11 is 1.63. The van der Waals surface area contributed by atoms with Crippen LogP contribution in [0.25, 0.3) is 0 Å². The first-order valence-electron chi connectivity index (χ1n) is 9.24. The molecule has 2 N–H and O–H groups in total. The number of carbonyl (C=O) groups excluding carboxylic acids is 1. The van der Waals surface area contributed by atoms with Crippen molar-refractivity contribution in [3.05, 3.63) is 40.7 Å². The second-order valence-corrected chi connectivity index (χ2v) is 9.02. The molecular formula is C20H25N5OS. The number of nitrogens with one attached hydrogen (secondary N) is 2. The number of aliphatic imine (C=N–C) groups is 1. The van der Waals surface area contributed by atoms with Crippen LogP contribution in [0.1, 0.15) is 32.8 Å². The van der Waals surface area contributed by atoms with Crippen molar-refractivity contribution in [3.8, 4) is 0 Å². The number of fused-ring (bicyclic) bond motifs is 1. The summed E-state index contributed by atoms with van der Waals surface area (Å²) in [5, 5.41) is 11.1. The Hall–Kier alpha value is -2.41. The van der Waals surface area contributed by atoms with E-state index < -0.39 is 5.54 Å². The van der Waals surface area contributed by atoms with Gasteiger partial charge in [-0.05, 0) is 61.7 Å². The summed E-state index contributed by atoms with van der Waals surface area (Å²) in [6.07, 6.45) is 3.04. The molecule has 0 aliphatic carbocycles. The van der Waals surface area contributed by atoms with E-state index in [1.807, 2.05) is 33.9 Å². The Kier molecular flexibility index (Phi) is 4.42. The fourth-order valence-corrected chi connectivity index (χ4v) is 4.29. The normalized spacial score (nSPS) is 23.2. The summed E-state index contributed by atoms with van der Waals surface area (Å²) in [6.45, 7) is 7.57. The topological polar surface area (TPSA) is 69.6 Å². The first-order chi connectivity index (χ1) is 12.8. The summed E-state index contributed by atoms with van der Waals surface area (Å²) in [4.78, 5) is 24.1. The number of hydrogen-bond acceptors (Lipinski definition) is 5. The van der Waals surface area contributed by atoms with E-state index in [1.165, 1.54) is 0 Å². The number of carbonyl (C=O) groups is 1. The molecule has 2 aliphatic rings. The third-order valence-corrected chi connectivity index (χ3v) is 5.61. The minimum Gasteiger partial charge on any atom is -0.368 e. The molecule has 142 valence electrons. The quantitative estimate of drug-likeness (QED) is 0.834. The average molecular weight is 384 g/mol. The molecule has 1 fully saturated rings. The summed E-state index contributed by atoms with van der Waals surface area (Å²) in [5.74, 6) is 1.82. The number of amidine groups is 1. The molecule has 0 aromatic carbocycles. The summed E-state index contributed by atoms with van der Waals surface area (Å²) < 4.78 is 0. The highest BCUT2D eigenvalue weighted by Gasteiger charge is 2.47. The number of amides is 1. The Morgan fingerprint density at radius 1 is 1.41 bits per heavy atom. The predicted molar refractivity (Wildman–Crippen MR) is 111 cm³/mol. The molecule has 1 saturated heterocycles. The van der Waals surface area contributed by atoms with E-state index in [1.54, 1.807) is 17.5 Å². The fraction of sp³-hybridized carbons (Fsp3) is 0.450. The lowest BCUT2D eigenvalue weighted by Gasteiger charge is -2.39. The highest BCUT2D eigenvalue weighted by atomic mass is 32.1. The third kappa shape index (κ3) is 3.69. The van der Waals surface area contributed by atoms with Gasteiger partial charge in [-0.2, -0.15) is 11.3 Å². The van der Waals surface area contributed by atoms with Crippen molar-refractivity contribution < 1.29 is 4.79 Å². The van der Waals surface area contributed by atoms with Gasteiger partial charge in [-0.1, -0.05) is 0 Å². The van der Waals surface area contributed by atoms with Gasteiger partial charge in [0.15, 0.2) is 5.82 Å². The second kappa shape index (κ2) is 6.64. The molecule has 1 amide bonds. The lowest BCUT2D eigenvalue weighted by Crippen LogP contribution is -2.55. The standard InChI is InChI=1S/C20H25N5OS/c1-19(2,3)24-18-20(23-15-5-4-8-21-17(15)22-18)7-9-25(13-20)16(26)11-14-6-10-27-12-14/h4-6,8,10,12,23H,7,9,11,13H2,1-3H3,(H,21,22,24). The van der Waals surface area contributed by atoms with Gasteiger partial charge in [-0.25, -0.2) is 4.98 Å². The predicted octanol–water partition coefficient (Wildman–Crippen LogP) is 3.39. The van der Waals surface area contributed by atoms with Gasteiger partial charge in [0.2, 0.25) is 5.91 Å². The number of hydrogen-bond donors (Lipinski definition) is 2. The first kappa shape index (κ1) is 18.0. The maximum atomic E-state index is 12.8. The van der Waals surface area contributed by atoms with Gasteiger partial charge in [-0.3, -0.25) is 9.79 Å². The van der Waals surface area contributed by atoms with Crippen LogP contribution in [-0.2, 0) is 11.2 Å². The van der Waals surface area contributed by atoms with Gasteiger partial charge in [-0.15, -0.1) is 0 Å². The monoisotopic (exact) mass is 383 g/mol. The van der Waals surface area contributed by atoms with E-state index in [-0.39, 0.29) is 11.4 Å². The van der Waals surface area contributed by atoms with Crippen molar-refractivity contribution in [3.63, 3.8) is 0 Å². The van der Waals surface area contributed by atoms with E-state index in [9.17, 15) is 4.79 Å². The molecule has 1 spiro atoms. The van der Waals surface area contributed by atoms with E-state index in [2.05, 4.69) is 36.4 Å². The zero-order chi connectivity index (χ0) is 19.1. The zero-order valence-corrected chi connectivity index (χ0v) is 16.8. The van der Waals surface area contributed by atoms with Gasteiger partial charge >= 0.3 is 0 Å². The lowest BCUT2D eigenvalue weighted by atomic mass is 9.93. The minimum absolute atomic E-state index is 0.166. The van der Waals surface area contributed by atoms with Gasteiger partial charge < -0.3 is 15.5 Å². The van der Waals surface area contributed by atoms with Crippen LogP contribution in [0.4, 0.5) is 11.5 Å². The van der Waals surface area contributed by atoms with E-state index in [4.69, 9.17) is 4.99 Å². The Balaban J connectivity index is 1.61. The van der Waals surface area contributed by atoms with Crippen LogP contribution >= 0.6 is 11.3 Å². The molecular weight excluding hydrogens is 358 g/mol. The van der Waals surface area contributed by atoms with E-state index in [0.717, 1.165) is 35.9 Å². The van der Waals surface area contributed by atoms with Gasteiger partial charge in [0.25, 0.3) is 0 Å². The highest BCUT2D eigenvalue weighted by Crippen LogP contribution is 2.36. The number of nitrogens with zero attached hydrogens (tertiary/aromatic N) is 3. The Morgan fingerprint density at radius 3 is 3.00 bits per heavy atom. The molecule has 0 bridgehead atoms. The molecule has 6 nitrogen and oxygen atoms in total. The van der Waals surface area contributed by atoms with Crippen molar-refractivity contribution in [2.75, 3.05) is 23.7 Å². The van der Waals surface area contributed by atoms with Crippen LogP contribution in [-0.4, -0.2) is 45.8 Å². The molecule has 1 unspecified atom stereocenters. The summed E-state index contributed by atoms with van der Waals surface area (Å²) in [5.41, 5.74) is 1.42. The van der Waals surface area contributed by atoms with E-state index in [0.29, 0.717) is 13.0 Å². The smallest absolute Gasteiger partial charge is 0.227 e. The summed E-state index contributed by atoms with van der Waals surface area (Å²) in [7, 11) is 0. The van der Waals surface area contributed by atoms with Crippen LogP contribution in [0.15, 0.2) is 40.1 Å². The Morgan fingerprint density at radius 2 is 2.26 bits per heavy atom. The molecule has 7 heteroatoms. The molecule has 2 aromatic heterocycles. The first-order valence-corrected chi connectivity index (χ1v) is 10.2. The largest absolute Gasteiger partial charge is 0.368 e. The Labute approximate surface area is 163 Å². The van der Waals surface area contributed by atoms with E-state index >= 15 is 0 Å². The van der Waals surface area contributed by atoms with Crippen LogP contribution in [0.5, 0.6) is 0 Å². The van der Waals surface area contributed by atoms with Gasteiger partial charge in [0.05, 0.1) is 24.2 Å². The maximum Gasteiger partial charge on any atom is 0.227 e. The molecule has 0 radical (unpaired) electrons. The van der Waals surface area contributed by atoms with Gasteiger partial charge in [0, 0.05) is 12.7 Å². The SMILES string of the molecule is CC(C)(C)N=C1Nc2ncccc2NC12CCN(C(=O)Cc1ccsc1)C2. The molecule has 1 atom stereocenters. The maximum absolute atomic E-state index is 12.8. The highest BCUT2D eigenvalue weighted by molar-refractivity contribution is 7.08. The van der Waals surface area contributed by atoms with Crippen molar-refractivity contribution >= 4 is 34.6 Å². The second-order valence-electron chi connectivity index (χ2n) is 8.24. The number of anilines is 2. The fourth-order valence-electron chi connectivity index (χ4n) is 3.62. The van der Waals surface area contributed by atoms with Gasteiger partial charge in [0.1, 0.15) is 11.4 Å². The van der Waals surface area contributed by atoms with Crippen molar-refractivity contribution in [2.45, 2.75) is 44.7 Å².